The molecule has 46 heavy (non-hydrogen) atoms. The normalized spacial score (nSPS) is 13.9. The molecule has 5 aromatic rings. The second kappa shape index (κ2) is 13.5. The SMILES string of the molecule is COc1cc2ncnc(Nc3nc4ccc(NC(=O)Nc5ccc(Cl)c(C(F)(F)F)c5)cc4s3)c2cc1OCCN1CCOCC1. The molecule has 0 aliphatic carbocycles. The van der Waals surface area contributed by atoms with Gasteiger partial charge >= 0.3 is 12.2 Å². The minimum atomic E-state index is -4.65. The van der Waals surface area contributed by atoms with Crippen molar-refractivity contribution in [2.24, 2.45) is 0 Å². The molecular formula is C30H27ClF3N7O4S. The fourth-order valence-electron chi connectivity index (χ4n) is 4.82. The first-order valence-corrected chi connectivity index (χ1v) is 15.2. The lowest BCUT2D eigenvalue weighted by atomic mass is 10.2. The van der Waals surface area contributed by atoms with Gasteiger partial charge in [0.15, 0.2) is 16.6 Å². The van der Waals surface area contributed by atoms with Gasteiger partial charge in [-0.2, -0.15) is 13.2 Å². The highest BCUT2D eigenvalue weighted by Gasteiger charge is 2.33. The number of alkyl halides is 3. The van der Waals surface area contributed by atoms with Crippen LogP contribution >= 0.6 is 22.9 Å². The zero-order valence-corrected chi connectivity index (χ0v) is 25.9. The van der Waals surface area contributed by atoms with E-state index in [2.05, 4.69) is 35.8 Å². The number of amides is 2. The lowest BCUT2D eigenvalue weighted by Gasteiger charge is -2.26. The van der Waals surface area contributed by atoms with Crippen molar-refractivity contribution in [3.8, 4) is 11.5 Å². The minimum Gasteiger partial charge on any atom is -0.493 e. The maximum atomic E-state index is 13.2. The quantitative estimate of drug-likeness (QED) is 0.152. The second-order valence-corrected chi connectivity index (χ2v) is 11.6. The molecule has 6 rings (SSSR count). The van der Waals surface area contributed by atoms with Crippen molar-refractivity contribution in [1.29, 1.82) is 0 Å². The van der Waals surface area contributed by atoms with Crippen LogP contribution < -0.4 is 25.4 Å². The van der Waals surface area contributed by atoms with E-state index in [-0.39, 0.29) is 5.69 Å². The number of halogens is 4. The average Bonchev–Trinajstić information content (AvgIpc) is 3.43. The highest BCUT2D eigenvalue weighted by atomic mass is 35.5. The van der Waals surface area contributed by atoms with E-state index in [1.165, 1.54) is 23.7 Å². The van der Waals surface area contributed by atoms with Crippen LogP contribution in [0.2, 0.25) is 5.02 Å². The Labute approximate surface area is 269 Å². The molecule has 0 saturated carbocycles. The van der Waals surface area contributed by atoms with Gasteiger partial charge < -0.3 is 30.2 Å². The Balaban J connectivity index is 1.16. The standard InChI is InChI=1S/C30H27ClF3N7O4S/c1-43-24-15-23-19(14-25(24)45-11-8-41-6-9-44-10-7-41)27(36-16-35-23)40-29-39-22-5-3-18(13-26(22)46-29)38-28(42)37-17-2-4-21(31)20(12-17)30(32,33)34/h2-5,12-16H,6-11H2,1H3,(H2,37,38,42)(H,35,36,39,40). The molecule has 11 nitrogen and oxygen atoms in total. The van der Waals surface area contributed by atoms with Gasteiger partial charge in [0.1, 0.15) is 18.8 Å². The second-order valence-electron chi connectivity index (χ2n) is 10.1. The monoisotopic (exact) mass is 673 g/mol. The molecule has 16 heteroatoms. The fraction of sp³-hybridized carbons (Fsp3) is 0.267. The molecule has 3 heterocycles. The van der Waals surface area contributed by atoms with Crippen LogP contribution in [-0.4, -0.2) is 72.4 Å². The van der Waals surface area contributed by atoms with Crippen molar-refractivity contribution in [3.63, 3.8) is 0 Å². The van der Waals surface area contributed by atoms with E-state index < -0.39 is 22.8 Å². The Morgan fingerprint density at radius 2 is 1.78 bits per heavy atom. The number of hydrogen-bond acceptors (Lipinski definition) is 10. The number of nitrogens with one attached hydrogen (secondary N) is 3. The molecule has 3 aromatic carbocycles. The van der Waals surface area contributed by atoms with Gasteiger partial charge in [-0.3, -0.25) is 4.90 Å². The smallest absolute Gasteiger partial charge is 0.417 e. The van der Waals surface area contributed by atoms with E-state index in [1.807, 2.05) is 6.07 Å². The number of methoxy groups -OCH3 is 1. The number of nitrogens with zero attached hydrogens (tertiary/aromatic N) is 4. The lowest BCUT2D eigenvalue weighted by Crippen LogP contribution is -2.38. The molecule has 0 atom stereocenters. The summed E-state index contributed by atoms with van der Waals surface area (Å²) in [6, 6.07) is 11.1. The van der Waals surface area contributed by atoms with Crippen LogP contribution in [0.5, 0.6) is 11.5 Å². The van der Waals surface area contributed by atoms with E-state index in [4.69, 9.17) is 25.8 Å². The first kappa shape index (κ1) is 31.5. The van der Waals surface area contributed by atoms with Crippen molar-refractivity contribution in [3.05, 3.63) is 65.4 Å². The molecule has 2 aromatic heterocycles. The molecule has 0 bridgehead atoms. The summed E-state index contributed by atoms with van der Waals surface area (Å²) >= 11 is 6.99. The highest BCUT2D eigenvalue weighted by Crippen LogP contribution is 2.38. The molecule has 1 aliphatic heterocycles. The molecule has 1 aliphatic rings. The Hall–Kier alpha value is -4.44. The van der Waals surface area contributed by atoms with Gasteiger partial charge in [-0.05, 0) is 42.5 Å². The zero-order valence-electron chi connectivity index (χ0n) is 24.3. The Morgan fingerprint density at radius 3 is 2.54 bits per heavy atom. The van der Waals surface area contributed by atoms with Crippen molar-refractivity contribution >= 4 is 72.4 Å². The van der Waals surface area contributed by atoms with Gasteiger partial charge in [0, 0.05) is 42.5 Å². The molecule has 0 radical (unpaired) electrons. The van der Waals surface area contributed by atoms with Gasteiger partial charge in [0.25, 0.3) is 0 Å². The number of urea groups is 1. The number of aromatic nitrogens is 3. The fourth-order valence-corrected chi connectivity index (χ4v) is 5.95. The maximum absolute atomic E-state index is 13.2. The number of thiazole rings is 1. The number of benzene rings is 3. The van der Waals surface area contributed by atoms with Crippen LogP contribution in [0.1, 0.15) is 5.56 Å². The molecule has 1 saturated heterocycles. The lowest BCUT2D eigenvalue weighted by molar-refractivity contribution is -0.137. The number of anilines is 4. The van der Waals surface area contributed by atoms with Crippen LogP contribution in [0.4, 0.5) is 40.3 Å². The number of rotatable bonds is 9. The van der Waals surface area contributed by atoms with Crippen LogP contribution in [0.25, 0.3) is 21.1 Å². The number of morpholine rings is 1. The van der Waals surface area contributed by atoms with Crippen LogP contribution in [0, 0.1) is 0 Å². The maximum Gasteiger partial charge on any atom is 0.417 e. The summed E-state index contributed by atoms with van der Waals surface area (Å²) in [5.74, 6) is 1.64. The van der Waals surface area contributed by atoms with Crippen molar-refractivity contribution in [1.82, 2.24) is 19.9 Å². The predicted molar refractivity (Wildman–Crippen MR) is 171 cm³/mol. The van der Waals surface area contributed by atoms with Crippen molar-refractivity contribution in [2.45, 2.75) is 6.18 Å². The van der Waals surface area contributed by atoms with Gasteiger partial charge in [0.2, 0.25) is 0 Å². The van der Waals surface area contributed by atoms with E-state index >= 15 is 0 Å². The molecule has 3 N–H and O–H groups in total. The van der Waals surface area contributed by atoms with Crippen LogP contribution in [0.3, 0.4) is 0 Å². The zero-order chi connectivity index (χ0) is 32.3. The summed E-state index contributed by atoms with van der Waals surface area (Å²) in [6.07, 6.45) is -3.21. The molecular weight excluding hydrogens is 647 g/mol. The summed E-state index contributed by atoms with van der Waals surface area (Å²) < 4.78 is 57.4. The van der Waals surface area contributed by atoms with Crippen molar-refractivity contribution < 1.29 is 32.2 Å². The topological polar surface area (TPSA) is 123 Å². The van der Waals surface area contributed by atoms with E-state index in [0.717, 1.165) is 36.5 Å². The average molecular weight is 674 g/mol. The number of carbonyl (C=O) groups excluding carboxylic acids is 1. The highest BCUT2D eigenvalue weighted by molar-refractivity contribution is 7.22. The van der Waals surface area contributed by atoms with E-state index in [1.54, 1.807) is 31.4 Å². The van der Waals surface area contributed by atoms with Gasteiger partial charge in [-0.15, -0.1) is 0 Å². The summed E-state index contributed by atoms with van der Waals surface area (Å²) in [4.78, 5) is 28.3. The van der Waals surface area contributed by atoms with Gasteiger partial charge in [0.05, 0.1) is 46.6 Å². The van der Waals surface area contributed by atoms with Gasteiger partial charge in [-0.1, -0.05) is 22.9 Å². The molecule has 0 spiro atoms. The Kier molecular flexibility index (Phi) is 9.26. The third-order valence-electron chi connectivity index (χ3n) is 7.09. The first-order valence-electron chi connectivity index (χ1n) is 14.0. The van der Waals surface area contributed by atoms with Gasteiger partial charge in [-0.25, -0.2) is 19.7 Å². The number of fused-ring (bicyclic) bond motifs is 2. The van der Waals surface area contributed by atoms with Crippen molar-refractivity contribution in [2.75, 3.05) is 62.5 Å². The molecule has 0 unspecified atom stereocenters. The first-order chi connectivity index (χ1) is 22.2. The summed E-state index contributed by atoms with van der Waals surface area (Å²) in [5, 5.41) is 9.09. The third kappa shape index (κ3) is 7.33. The van der Waals surface area contributed by atoms with Crippen LogP contribution in [0.15, 0.2) is 54.9 Å². The minimum absolute atomic E-state index is 0.0556. The Bertz CT molecular complexity index is 1890. The third-order valence-corrected chi connectivity index (χ3v) is 8.35. The number of hydrogen-bond donors (Lipinski definition) is 3. The Morgan fingerprint density at radius 1 is 1.02 bits per heavy atom. The predicted octanol–water partition coefficient (Wildman–Crippen LogP) is 7.02. The summed E-state index contributed by atoms with van der Waals surface area (Å²) in [5.41, 5.74) is 0.638. The number of ether oxygens (including phenoxy) is 3. The van der Waals surface area contributed by atoms with E-state index in [9.17, 15) is 18.0 Å². The van der Waals surface area contributed by atoms with E-state index in [0.29, 0.717) is 64.4 Å². The molecule has 2 amide bonds. The molecule has 240 valence electrons. The summed E-state index contributed by atoms with van der Waals surface area (Å²) in [7, 11) is 1.57. The molecule has 1 fully saturated rings. The number of carbonyl (C=O) groups is 1. The largest absolute Gasteiger partial charge is 0.493 e. The summed E-state index contributed by atoms with van der Waals surface area (Å²) in [6.45, 7) is 4.38. The van der Waals surface area contributed by atoms with Crippen LogP contribution in [-0.2, 0) is 10.9 Å².